The third-order valence-corrected chi connectivity index (χ3v) is 3.02. The third-order valence-electron chi connectivity index (χ3n) is 2.78. The van der Waals surface area contributed by atoms with E-state index in [0.717, 1.165) is 10.6 Å². The molecule has 6 nitrogen and oxygen atoms in total. The van der Waals surface area contributed by atoms with Gasteiger partial charge in [-0.15, -0.1) is 14.8 Å². The third kappa shape index (κ3) is 2.48. The normalized spacial score (nSPS) is 12.5. The van der Waals surface area contributed by atoms with Crippen molar-refractivity contribution in [3.63, 3.8) is 0 Å². The zero-order chi connectivity index (χ0) is 13.2. The van der Waals surface area contributed by atoms with Gasteiger partial charge in [-0.25, -0.2) is 0 Å². The Balaban J connectivity index is 1.83. The predicted octanol–water partition coefficient (Wildman–Crippen LogP) is 2.35. The van der Waals surface area contributed by atoms with Gasteiger partial charge in [0.15, 0.2) is 5.65 Å². The lowest BCUT2D eigenvalue weighted by Gasteiger charge is -2.14. The van der Waals surface area contributed by atoms with Gasteiger partial charge < -0.3 is 5.32 Å². The number of tetrazole rings is 1. The van der Waals surface area contributed by atoms with Gasteiger partial charge in [-0.2, -0.15) is 0 Å². The minimum atomic E-state index is 0.0835. The van der Waals surface area contributed by atoms with E-state index in [4.69, 9.17) is 11.6 Å². The van der Waals surface area contributed by atoms with Crippen LogP contribution < -0.4 is 5.32 Å². The summed E-state index contributed by atoms with van der Waals surface area (Å²) in [6, 6.07) is 11.4. The van der Waals surface area contributed by atoms with Gasteiger partial charge in [-0.3, -0.25) is 0 Å². The highest BCUT2D eigenvalue weighted by Crippen LogP contribution is 2.20. The Labute approximate surface area is 114 Å². The lowest BCUT2D eigenvalue weighted by atomic mass is 10.1. The number of nitrogens with one attached hydrogen (secondary N) is 1. The van der Waals surface area contributed by atoms with Crippen molar-refractivity contribution in [3.8, 4) is 0 Å². The smallest absolute Gasteiger partial charge is 0.200 e. The molecule has 0 amide bonds. The molecule has 0 aliphatic heterocycles. The fourth-order valence-corrected chi connectivity index (χ4v) is 2.01. The minimum Gasteiger partial charge on any atom is -0.362 e. The Morgan fingerprint density at radius 3 is 3.00 bits per heavy atom. The molecule has 0 spiro atoms. The molecule has 1 aromatic carbocycles. The van der Waals surface area contributed by atoms with Crippen molar-refractivity contribution >= 4 is 23.1 Å². The molecule has 2 heterocycles. The molecule has 0 bridgehead atoms. The second kappa shape index (κ2) is 4.81. The summed E-state index contributed by atoms with van der Waals surface area (Å²) in [6.07, 6.45) is 0. The van der Waals surface area contributed by atoms with Crippen LogP contribution in [-0.2, 0) is 0 Å². The molecule has 0 aliphatic rings. The summed E-state index contributed by atoms with van der Waals surface area (Å²) < 4.78 is 1.38. The molecular weight excluding hydrogens is 264 g/mol. The van der Waals surface area contributed by atoms with E-state index in [2.05, 4.69) is 25.9 Å². The second-order valence-electron chi connectivity index (χ2n) is 4.17. The summed E-state index contributed by atoms with van der Waals surface area (Å²) in [4.78, 5) is 0. The van der Waals surface area contributed by atoms with Crippen LogP contribution in [0.25, 0.3) is 5.65 Å². The maximum absolute atomic E-state index is 5.98. The van der Waals surface area contributed by atoms with E-state index in [1.54, 1.807) is 6.07 Å². The van der Waals surface area contributed by atoms with Crippen molar-refractivity contribution in [3.05, 3.63) is 47.0 Å². The molecule has 0 fully saturated rings. The highest BCUT2D eigenvalue weighted by molar-refractivity contribution is 6.30. The van der Waals surface area contributed by atoms with Crippen molar-refractivity contribution in [2.24, 2.45) is 0 Å². The highest BCUT2D eigenvalue weighted by atomic mass is 35.5. The quantitative estimate of drug-likeness (QED) is 0.794. The number of aromatic nitrogens is 5. The second-order valence-corrected chi connectivity index (χ2v) is 4.60. The molecule has 7 heteroatoms. The Hall–Kier alpha value is -2.21. The minimum absolute atomic E-state index is 0.0835. The molecule has 1 atom stereocenters. The zero-order valence-corrected chi connectivity index (χ0v) is 10.9. The van der Waals surface area contributed by atoms with Gasteiger partial charge >= 0.3 is 0 Å². The number of halogens is 1. The first-order valence-electron chi connectivity index (χ1n) is 5.80. The van der Waals surface area contributed by atoms with Crippen LogP contribution in [0.15, 0.2) is 36.4 Å². The van der Waals surface area contributed by atoms with Crippen LogP contribution in [-0.4, -0.2) is 25.3 Å². The van der Waals surface area contributed by atoms with Crippen LogP contribution in [0.1, 0.15) is 18.5 Å². The summed E-state index contributed by atoms with van der Waals surface area (Å²) in [5, 5.41) is 19.4. The number of rotatable bonds is 3. The first-order chi connectivity index (χ1) is 9.22. The van der Waals surface area contributed by atoms with E-state index >= 15 is 0 Å². The molecule has 0 aliphatic carbocycles. The van der Waals surface area contributed by atoms with Crippen molar-refractivity contribution in [2.45, 2.75) is 13.0 Å². The Morgan fingerprint density at radius 1 is 1.26 bits per heavy atom. The zero-order valence-electron chi connectivity index (χ0n) is 10.2. The van der Waals surface area contributed by atoms with Gasteiger partial charge in [0.05, 0.1) is 6.04 Å². The molecule has 3 rings (SSSR count). The maximum Gasteiger partial charge on any atom is 0.200 e. The molecule has 0 saturated carbocycles. The van der Waals surface area contributed by atoms with Crippen LogP contribution in [0.2, 0.25) is 5.02 Å². The fraction of sp³-hybridized carbons (Fsp3) is 0.167. The average Bonchev–Trinajstić information content (AvgIpc) is 2.86. The molecule has 1 N–H and O–H groups in total. The van der Waals surface area contributed by atoms with Gasteiger partial charge in [-0.05, 0) is 47.2 Å². The van der Waals surface area contributed by atoms with E-state index in [9.17, 15) is 0 Å². The Bertz CT molecular complexity index is 710. The van der Waals surface area contributed by atoms with Gasteiger partial charge in [0, 0.05) is 5.02 Å². The standard InChI is InChI=1S/C12H11ClN6/c1-8(9-3-2-4-10(13)7-9)14-11-5-6-12-15-17-18-19(12)16-11/h2-8H,1H3,(H,14,16)/t8-/m1/s1. The summed E-state index contributed by atoms with van der Waals surface area (Å²) in [5.41, 5.74) is 1.70. The summed E-state index contributed by atoms with van der Waals surface area (Å²) in [7, 11) is 0. The van der Waals surface area contributed by atoms with Crippen LogP contribution in [0.5, 0.6) is 0 Å². The van der Waals surface area contributed by atoms with Crippen LogP contribution in [0.4, 0.5) is 5.82 Å². The van der Waals surface area contributed by atoms with Crippen molar-refractivity contribution in [1.82, 2.24) is 25.3 Å². The number of fused-ring (bicyclic) bond motifs is 1. The summed E-state index contributed by atoms with van der Waals surface area (Å²) >= 11 is 5.98. The molecule has 96 valence electrons. The molecule has 2 aromatic heterocycles. The topological polar surface area (TPSA) is 68.0 Å². The van der Waals surface area contributed by atoms with Crippen LogP contribution in [0, 0.1) is 0 Å². The van der Waals surface area contributed by atoms with E-state index in [1.165, 1.54) is 4.63 Å². The number of hydrogen-bond donors (Lipinski definition) is 1. The molecule has 3 aromatic rings. The molecule has 0 radical (unpaired) electrons. The lowest BCUT2D eigenvalue weighted by Crippen LogP contribution is -2.09. The van der Waals surface area contributed by atoms with Crippen molar-refractivity contribution < 1.29 is 0 Å². The van der Waals surface area contributed by atoms with Crippen molar-refractivity contribution in [2.75, 3.05) is 5.32 Å². The predicted molar refractivity (Wildman–Crippen MR) is 72.1 cm³/mol. The summed E-state index contributed by atoms with van der Waals surface area (Å²) in [6.45, 7) is 2.04. The highest BCUT2D eigenvalue weighted by Gasteiger charge is 2.07. The van der Waals surface area contributed by atoms with Crippen LogP contribution in [0.3, 0.4) is 0 Å². The largest absolute Gasteiger partial charge is 0.362 e. The van der Waals surface area contributed by atoms with E-state index < -0.39 is 0 Å². The Kier molecular flexibility index (Phi) is 3.00. The van der Waals surface area contributed by atoms with E-state index in [-0.39, 0.29) is 6.04 Å². The maximum atomic E-state index is 5.98. The molecule has 0 saturated heterocycles. The fourth-order valence-electron chi connectivity index (χ4n) is 1.81. The monoisotopic (exact) mass is 274 g/mol. The van der Waals surface area contributed by atoms with Gasteiger partial charge in [0.2, 0.25) is 0 Å². The number of hydrogen-bond acceptors (Lipinski definition) is 5. The first-order valence-corrected chi connectivity index (χ1v) is 6.17. The number of nitrogens with zero attached hydrogens (tertiary/aromatic N) is 5. The van der Waals surface area contributed by atoms with Crippen molar-refractivity contribution in [1.29, 1.82) is 0 Å². The van der Waals surface area contributed by atoms with Crippen LogP contribution >= 0.6 is 11.6 Å². The Morgan fingerprint density at radius 2 is 2.16 bits per heavy atom. The molecule has 0 unspecified atom stereocenters. The van der Waals surface area contributed by atoms with E-state index in [0.29, 0.717) is 11.5 Å². The lowest BCUT2D eigenvalue weighted by molar-refractivity contribution is 0.728. The molecule has 19 heavy (non-hydrogen) atoms. The number of anilines is 1. The average molecular weight is 275 g/mol. The van der Waals surface area contributed by atoms with Gasteiger partial charge in [0.1, 0.15) is 5.82 Å². The van der Waals surface area contributed by atoms with E-state index in [1.807, 2.05) is 37.3 Å². The first kappa shape index (κ1) is 11.9. The van der Waals surface area contributed by atoms with Gasteiger partial charge in [-0.1, -0.05) is 23.7 Å². The summed E-state index contributed by atoms with van der Waals surface area (Å²) in [5.74, 6) is 0.701. The SMILES string of the molecule is C[C@@H](Nc1ccc2nnnn2n1)c1cccc(Cl)c1. The molecular formula is C12H11ClN6. The number of benzene rings is 1. The van der Waals surface area contributed by atoms with Gasteiger partial charge in [0.25, 0.3) is 0 Å².